The minimum atomic E-state index is 0.0301. The third kappa shape index (κ3) is 3.12. The second-order valence-electron chi connectivity index (χ2n) is 6.35. The molecule has 0 aliphatic carbocycles. The summed E-state index contributed by atoms with van der Waals surface area (Å²) in [5, 5.41) is 3.12. The van der Waals surface area contributed by atoms with Gasteiger partial charge in [-0.25, -0.2) is 0 Å². The van der Waals surface area contributed by atoms with E-state index in [4.69, 9.17) is 0 Å². The van der Waals surface area contributed by atoms with E-state index in [-0.39, 0.29) is 11.4 Å². The van der Waals surface area contributed by atoms with E-state index in [9.17, 15) is 4.79 Å². The number of thioether (sulfide) groups is 1. The molecule has 2 aromatic carbocycles. The molecule has 0 bridgehead atoms. The maximum atomic E-state index is 12.3. The maximum absolute atomic E-state index is 12.3. The Hall–Kier alpha value is -2.04. The molecular formula is C20H20N2OS. The lowest BCUT2D eigenvalue weighted by Gasteiger charge is -2.32. The zero-order valence-corrected chi connectivity index (χ0v) is 14.5. The van der Waals surface area contributed by atoms with Crippen LogP contribution in [0.15, 0.2) is 53.4 Å². The molecule has 2 aliphatic rings. The fraction of sp³-hybridized carbons (Fsp3) is 0.250. The Balaban J connectivity index is 1.49. The summed E-state index contributed by atoms with van der Waals surface area (Å²) in [6.45, 7) is 3.94. The van der Waals surface area contributed by atoms with Gasteiger partial charge in [-0.15, -0.1) is 0 Å². The molecule has 1 amide bonds. The molecule has 3 nitrogen and oxygen atoms in total. The molecule has 0 spiro atoms. The van der Waals surface area contributed by atoms with Crippen LogP contribution in [0, 0.1) is 6.92 Å². The van der Waals surface area contributed by atoms with E-state index in [0.29, 0.717) is 0 Å². The summed E-state index contributed by atoms with van der Waals surface area (Å²) < 4.78 is 0. The highest BCUT2D eigenvalue weighted by atomic mass is 32.2. The second-order valence-corrected chi connectivity index (χ2v) is 7.47. The van der Waals surface area contributed by atoms with Crippen molar-refractivity contribution in [3.63, 3.8) is 0 Å². The molecule has 1 unspecified atom stereocenters. The van der Waals surface area contributed by atoms with Gasteiger partial charge in [-0.2, -0.15) is 0 Å². The summed E-state index contributed by atoms with van der Waals surface area (Å²) in [5.74, 6) is 0.0319. The smallest absolute Gasteiger partial charge is 0.259 e. The monoisotopic (exact) mass is 336 g/mol. The summed E-state index contributed by atoms with van der Waals surface area (Å²) in [4.78, 5) is 15.5. The number of amides is 1. The van der Waals surface area contributed by atoms with Crippen LogP contribution in [0.5, 0.6) is 0 Å². The van der Waals surface area contributed by atoms with Gasteiger partial charge in [0.25, 0.3) is 5.91 Å². The van der Waals surface area contributed by atoms with Crippen molar-refractivity contribution in [3.05, 3.63) is 75.7 Å². The van der Waals surface area contributed by atoms with E-state index in [1.54, 1.807) is 11.8 Å². The first-order chi connectivity index (χ1) is 11.7. The SMILES string of the molecule is Cc1ccc(C=C2SC(N3CCc4ccccc4C3)NC2=O)cc1. The van der Waals surface area contributed by atoms with E-state index >= 15 is 0 Å². The Morgan fingerprint density at radius 3 is 2.67 bits per heavy atom. The van der Waals surface area contributed by atoms with Crippen molar-refractivity contribution in [1.82, 2.24) is 10.2 Å². The Morgan fingerprint density at radius 1 is 1.12 bits per heavy atom. The van der Waals surface area contributed by atoms with E-state index in [0.717, 1.165) is 30.0 Å². The van der Waals surface area contributed by atoms with Gasteiger partial charge in [0.1, 0.15) is 5.50 Å². The molecule has 0 radical (unpaired) electrons. The quantitative estimate of drug-likeness (QED) is 0.852. The number of aryl methyl sites for hydroxylation is 1. The minimum absolute atomic E-state index is 0.0301. The van der Waals surface area contributed by atoms with Crippen LogP contribution >= 0.6 is 11.8 Å². The van der Waals surface area contributed by atoms with Crippen molar-refractivity contribution in [3.8, 4) is 0 Å². The van der Waals surface area contributed by atoms with E-state index in [1.165, 1.54) is 16.7 Å². The van der Waals surface area contributed by atoms with Crippen LogP contribution in [-0.4, -0.2) is 22.8 Å². The molecular weight excluding hydrogens is 316 g/mol. The first-order valence-electron chi connectivity index (χ1n) is 8.26. The number of benzene rings is 2. The van der Waals surface area contributed by atoms with Crippen molar-refractivity contribution in [1.29, 1.82) is 0 Å². The summed E-state index contributed by atoms with van der Waals surface area (Å²) in [7, 11) is 0. The molecule has 4 rings (SSSR count). The van der Waals surface area contributed by atoms with E-state index in [2.05, 4.69) is 65.7 Å². The first kappa shape index (κ1) is 15.5. The number of carbonyl (C=O) groups excluding carboxylic acids is 1. The number of nitrogens with zero attached hydrogens (tertiary/aromatic N) is 1. The number of hydrogen-bond donors (Lipinski definition) is 1. The van der Waals surface area contributed by atoms with Gasteiger partial charge >= 0.3 is 0 Å². The van der Waals surface area contributed by atoms with Crippen LogP contribution in [0.2, 0.25) is 0 Å². The van der Waals surface area contributed by atoms with Crippen molar-refractivity contribution in [2.75, 3.05) is 6.54 Å². The lowest BCUT2D eigenvalue weighted by atomic mass is 10.0. The molecule has 0 saturated carbocycles. The predicted molar refractivity (Wildman–Crippen MR) is 99.2 cm³/mol. The molecule has 2 aliphatic heterocycles. The molecule has 24 heavy (non-hydrogen) atoms. The van der Waals surface area contributed by atoms with Gasteiger partial charge in [0.2, 0.25) is 0 Å². The lowest BCUT2D eigenvalue weighted by Crippen LogP contribution is -2.44. The van der Waals surface area contributed by atoms with E-state index < -0.39 is 0 Å². The number of fused-ring (bicyclic) bond motifs is 1. The zero-order chi connectivity index (χ0) is 16.5. The molecule has 1 fully saturated rings. The standard InChI is InChI=1S/C20H20N2OS/c1-14-6-8-15(9-7-14)12-18-19(23)21-20(24-18)22-11-10-16-4-2-3-5-17(16)13-22/h2-9,12,20H,10-11,13H2,1H3,(H,21,23). The molecule has 2 heterocycles. The van der Waals surface area contributed by atoms with Gasteiger partial charge in [-0.3, -0.25) is 9.69 Å². The summed E-state index contributed by atoms with van der Waals surface area (Å²) >= 11 is 1.63. The Labute approximate surface area is 146 Å². The maximum Gasteiger partial charge on any atom is 0.259 e. The molecule has 4 heteroatoms. The highest BCUT2D eigenvalue weighted by Crippen LogP contribution is 2.33. The third-order valence-corrected chi connectivity index (χ3v) is 5.78. The fourth-order valence-electron chi connectivity index (χ4n) is 3.18. The molecule has 1 N–H and O–H groups in total. The third-order valence-electron chi connectivity index (χ3n) is 4.58. The van der Waals surface area contributed by atoms with Crippen LogP contribution in [0.3, 0.4) is 0 Å². The van der Waals surface area contributed by atoms with Crippen LogP contribution in [0.4, 0.5) is 0 Å². The van der Waals surface area contributed by atoms with Crippen molar-refractivity contribution < 1.29 is 4.79 Å². The van der Waals surface area contributed by atoms with Crippen LogP contribution in [0.1, 0.15) is 22.3 Å². The van der Waals surface area contributed by atoms with Crippen LogP contribution in [-0.2, 0) is 17.8 Å². The fourth-order valence-corrected chi connectivity index (χ4v) is 4.29. The average molecular weight is 336 g/mol. The highest BCUT2D eigenvalue weighted by Gasteiger charge is 2.33. The van der Waals surface area contributed by atoms with Crippen molar-refractivity contribution in [2.45, 2.75) is 25.4 Å². The number of carbonyl (C=O) groups is 1. The first-order valence-corrected chi connectivity index (χ1v) is 9.14. The van der Waals surface area contributed by atoms with Gasteiger partial charge in [0.15, 0.2) is 0 Å². The summed E-state index contributed by atoms with van der Waals surface area (Å²) in [6.07, 6.45) is 3.03. The van der Waals surface area contributed by atoms with Crippen molar-refractivity contribution in [2.24, 2.45) is 0 Å². The van der Waals surface area contributed by atoms with Gasteiger partial charge in [0, 0.05) is 13.1 Å². The summed E-state index contributed by atoms with van der Waals surface area (Å²) in [6, 6.07) is 16.8. The average Bonchev–Trinajstić information content (AvgIpc) is 2.97. The van der Waals surface area contributed by atoms with Crippen LogP contribution in [0.25, 0.3) is 6.08 Å². The predicted octanol–water partition coefficient (Wildman–Crippen LogP) is 3.54. The molecule has 2 aromatic rings. The van der Waals surface area contributed by atoms with Gasteiger partial charge in [-0.1, -0.05) is 65.9 Å². The topological polar surface area (TPSA) is 32.3 Å². The Kier molecular flexibility index (Phi) is 4.17. The van der Waals surface area contributed by atoms with Crippen LogP contribution < -0.4 is 5.32 Å². The number of nitrogens with one attached hydrogen (secondary N) is 1. The molecule has 0 aromatic heterocycles. The second kappa shape index (κ2) is 6.46. The Morgan fingerprint density at radius 2 is 1.88 bits per heavy atom. The van der Waals surface area contributed by atoms with Gasteiger partial charge < -0.3 is 5.32 Å². The van der Waals surface area contributed by atoms with Gasteiger partial charge in [-0.05, 0) is 36.1 Å². The Bertz CT molecular complexity index is 798. The van der Waals surface area contributed by atoms with Gasteiger partial charge in [0.05, 0.1) is 4.91 Å². The molecule has 122 valence electrons. The normalized spacial score (nSPS) is 22.5. The van der Waals surface area contributed by atoms with E-state index in [1.807, 2.05) is 6.08 Å². The van der Waals surface area contributed by atoms with Crippen molar-refractivity contribution >= 4 is 23.7 Å². The summed E-state index contributed by atoms with van der Waals surface area (Å²) in [5.41, 5.74) is 5.13. The zero-order valence-electron chi connectivity index (χ0n) is 13.7. The number of hydrogen-bond acceptors (Lipinski definition) is 3. The minimum Gasteiger partial charge on any atom is -0.327 e. The lowest BCUT2D eigenvalue weighted by molar-refractivity contribution is -0.117. The molecule has 1 atom stereocenters. The highest BCUT2D eigenvalue weighted by molar-refractivity contribution is 8.05. The largest absolute Gasteiger partial charge is 0.327 e. The molecule has 1 saturated heterocycles. The number of rotatable bonds is 2.